The molecule has 0 unspecified atom stereocenters. The second kappa shape index (κ2) is 7.76. The van der Waals surface area contributed by atoms with E-state index < -0.39 is 15.9 Å². The number of carbonyl (C=O) groups excluding carboxylic acids is 2. The van der Waals surface area contributed by atoms with E-state index in [-0.39, 0.29) is 16.5 Å². The van der Waals surface area contributed by atoms with Crippen molar-refractivity contribution in [2.75, 3.05) is 30.4 Å². The highest BCUT2D eigenvalue weighted by molar-refractivity contribution is 7.89. The molecule has 0 bridgehead atoms. The molecule has 3 rings (SSSR count). The third-order valence-corrected chi connectivity index (χ3v) is 6.76. The van der Waals surface area contributed by atoms with Crippen molar-refractivity contribution in [3.8, 4) is 0 Å². The van der Waals surface area contributed by atoms with Crippen LogP contribution in [0.2, 0.25) is 0 Å². The zero-order chi connectivity index (χ0) is 20.5. The molecule has 0 aliphatic carbocycles. The van der Waals surface area contributed by atoms with E-state index in [4.69, 9.17) is 0 Å². The topological polar surface area (TPSA) is 91.7 Å². The Morgan fingerprint density at radius 1 is 1.11 bits per heavy atom. The van der Waals surface area contributed by atoms with Crippen LogP contribution in [-0.2, 0) is 21.9 Å². The minimum Gasteiger partial charge on any atom is -0.345 e. The summed E-state index contributed by atoms with van der Waals surface area (Å²) in [5, 5.41) is 2.76. The highest BCUT2D eigenvalue weighted by Gasteiger charge is 2.29. The van der Waals surface area contributed by atoms with E-state index in [1.165, 1.54) is 33.0 Å². The highest BCUT2D eigenvalue weighted by Crippen LogP contribution is 2.23. The van der Waals surface area contributed by atoms with Gasteiger partial charge in [-0.25, -0.2) is 8.42 Å². The van der Waals surface area contributed by atoms with Gasteiger partial charge in [0, 0.05) is 51.7 Å². The van der Waals surface area contributed by atoms with Gasteiger partial charge in [0.15, 0.2) is 0 Å². The van der Waals surface area contributed by atoms with Crippen molar-refractivity contribution < 1.29 is 18.0 Å². The average Bonchev–Trinajstić information content (AvgIpc) is 3.32. The Hall–Kier alpha value is -2.65. The van der Waals surface area contributed by atoms with Crippen molar-refractivity contribution in [2.24, 2.45) is 7.05 Å². The first-order valence-electron chi connectivity index (χ1n) is 9.02. The summed E-state index contributed by atoms with van der Waals surface area (Å²) < 4.78 is 28.3. The summed E-state index contributed by atoms with van der Waals surface area (Å²) in [7, 11) is -0.264. The van der Waals surface area contributed by atoms with Gasteiger partial charge in [0.25, 0.3) is 5.91 Å². The molecule has 1 aliphatic rings. The van der Waals surface area contributed by atoms with Gasteiger partial charge in [-0.3, -0.25) is 9.59 Å². The number of benzene rings is 1. The molecule has 1 aromatic carbocycles. The minimum atomic E-state index is -3.58. The molecule has 0 atom stereocenters. The van der Waals surface area contributed by atoms with Gasteiger partial charge in [0.05, 0.1) is 0 Å². The first-order valence-corrected chi connectivity index (χ1v) is 10.5. The molecule has 9 heteroatoms. The molecular weight excluding hydrogens is 380 g/mol. The van der Waals surface area contributed by atoms with E-state index in [1.807, 2.05) is 0 Å². The smallest absolute Gasteiger partial charge is 0.272 e. The van der Waals surface area contributed by atoms with Crippen molar-refractivity contribution in [1.82, 2.24) is 8.87 Å². The molecule has 2 heterocycles. The maximum Gasteiger partial charge on any atom is 0.272 e. The van der Waals surface area contributed by atoms with Gasteiger partial charge in [-0.05, 0) is 43.2 Å². The maximum atomic E-state index is 12.7. The monoisotopic (exact) mass is 404 g/mol. The number of anilines is 2. The lowest BCUT2D eigenvalue weighted by Gasteiger charge is -2.15. The summed E-state index contributed by atoms with van der Waals surface area (Å²) in [6.07, 6.45) is 3.18. The Bertz CT molecular complexity index is 989. The quantitative estimate of drug-likeness (QED) is 0.826. The Balaban J connectivity index is 1.76. The van der Waals surface area contributed by atoms with Crippen molar-refractivity contribution >= 4 is 33.2 Å². The molecule has 1 aliphatic heterocycles. The van der Waals surface area contributed by atoms with E-state index >= 15 is 0 Å². The second-order valence-electron chi connectivity index (χ2n) is 6.86. The van der Waals surface area contributed by atoms with E-state index in [9.17, 15) is 18.0 Å². The predicted octanol–water partition coefficient (Wildman–Crippen LogP) is 2.04. The van der Waals surface area contributed by atoms with E-state index in [0.717, 1.165) is 12.8 Å². The zero-order valence-electron chi connectivity index (χ0n) is 16.2. The van der Waals surface area contributed by atoms with Crippen molar-refractivity contribution in [3.63, 3.8) is 0 Å². The molecule has 28 heavy (non-hydrogen) atoms. The van der Waals surface area contributed by atoms with E-state index in [2.05, 4.69) is 5.32 Å². The Morgan fingerprint density at radius 3 is 2.29 bits per heavy atom. The summed E-state index contributed by atoms with van der Waals surface area (Å²) in [5.41, 5.74) is 1.52. The molecule has 150 valence electrons. The van der Waals surface area contributed by atoms with Gasteiger partial charge in [-0.15, -0.1) is 0 Å². The first kappa shape index (κ1) is 20.1. The molecule has 2 aromatic rings. The van der Waals surface area contributed by atoms with Crippen molar-refractivity contribution in [3.05, 3.63) is 42.2 Å². The first-order chi connectivity index (χ1) is 13.2. The molecule has 0 saturated carbocycles. The van der Waals surface area contributed by atoms with Gasteiger partial charge in [0.1, 0.15) is 10.6 Å². The number of nitrogens with one attached hydrogen (secondary N) is 1. The SMILES string of the molecule is CC(=O)N(C)c1ccc(NC(=O)c2cc(S(=O)(=O)N3CCCC3)cn2C)cc1. The van der Waals surface area contributed by atoms with Gasteiger partial charge >= 0.3 is 0 Å². The number of aryl methyl sites for hydroxylation is 1. The number of amides is 2. The third kappa shape index (κ3) is 3.95. The molecule has 1 N–H and O–H groups in total. The van der Waals surface area contributed by atoms with Crippen LogP contribution in [0.5, 0.6) is 0 Å². The highest BCUT2D eigenvalue weighted by atomic mass is 32.2. The average molecular weight is 404 g/mol. The molecule has 2 amide bonds. The second-order valence-corrected chi connectivity index (χ2v) is 8.80. The van der Waals surface area contributed by atoms with E-state index in [0.29, 0.717) is 24.5 Å². The van der Waals surface area contributed by atoms with Crippen molar-refractivity contribution in [1.29, 1.82) is 0 Å². The number of carbonyl (C=O) groups is 2. The van der Waals surface area contributed by atoms with Gasteiger partial charge in [-0.1, -0.05) is 0 Å². The summed E-state index contributed by atoms with van der Waals surface area (Å²) in [5.74, 6) is -0.495. The molecule has 1 fully saturated rings. The van der Waals surface area contributed by atoms with Crippen LogP contribution in [0, 0.1) is 0 Å². The fraction of sp³-hybridized carbons (Fsp3) is 0.368. The van der Waals surface area contributed by atoms with Crippen LogP contribution in [0.1, 0.15) is 30.3 Å². The molecule has 1 aromatic heterocycles. The Labute approximate surface area is 164 Å². The van der Waals surface area contributed by atoms with Crippen LogP contribution in [0.3, 0.4) is 0 Å². The van der Waals surface area contributed by atoms with Gasteiger partial charge in [0.2, 0.25) is 15.9 Å². The van der Waals surface area contributed by atoms with Crippen LogP contribution >= 0.6 is 0 Å². The van der Waals surface area contributed by atoms with Crippen molar-refractivity contribution in [2.45, 2.75) is 24.7 Å². The fourth-order valence-electron chi connectivity index (χ4n) is 3.12. The van der Waals surface area contributed by atoms with Gasteiger partial charge < -0.3 is 14.8 Å². The largest absolute Gasteiger partial charge is 0.345 e. The molecule has 8 nitrogen and oxygen atoms in total. The van der Waals surface area contributed by atoms with E-state index in [1.54, 1.807) is 38.4 Å². The summed E-state index contributed by atoms with van der Waals surface area (Å²) in [6, 6.07) is 8.24. The predicted molar refractivity (Wildman–Crippen MR) is 107 cm³/mol. The van der Waals surface area contributed by atoms with Gasteiger partial charge in [-0.2, -0.15) is 4.31 Å². The minimum absolute atomic E-state index is 0.0904. The van der Waals surface area contributed by atoms with Crippen LogP contribution < -0.4 is 10.2 Å². The van der Waals surface area contributed by atoms with Crippen LogP contribution in [0.15, 0.2) is 41.4 Å². The zero-order valence-corrected chi connectivity index (χ0v) is 17.0. The molecule has 0 spiro atoms. The number of rotatable bonds is 5. The number of nitrogens with zero attached hydrogens (tertiary/aromatic N) is 3. The Morgan fingerprint density at radius 2 is 1.71 bits per heavy atom. The summed E-state index contributed by atoms with van der Waals surface area (Å²) in [6.45, 7) is 2.50. The number of hydrogen-bond acceptors (Lipinski definition) is 4. The summed E-state index contributed by atoms with van der Waals surface area (Å²) in [4.78, 5) is 25.7. The molecule has 1 saturated heterocycles. The van der Waals surface area contributed by atoms with Crippen LogP contribution in [-0.4, -0.2) is 49.2 Å². The molecule has 0 radical (unpaired) electrons. The number of aromatic nitrogens is 1. The molecular formula is C19H24N4O4S. The van der Waals surface area contributed by atoms with Crippen LogP contribution in [0.4, 0.5) is 11.4 Å². The third-order valence-electron chi connectivity index (χ3n) is 4.90. The normalized spacial score (nSPS) is 14.8. The maximum absolute atomic E-state index is 12.7. The number of hydrogen-bond donors (Lipinski definition) is 1. The standard InChI is InChI=1S/C19H24N4O4S/c1-14(24)22(3)16-8-6-15(7-9-16)20-19(25)18-12-17(13-21(18)2)28(26,27)23-10-4-5-11-23/h6-9,12-13H,4-5,10-11H2,1-3H3,(H,20,25). The lowest BCUT2D eigenvalue weighted by Crippen LogP contribution is -2.27. The lowest BCUT2D eigenvalue weighted by atomic mass is 10.2. The fourth-order valence-corrected chi connectivity index (χ4v) is 4.71. The lowest BCUT2D eigenvalue weighted by molar-refractivity contribution is -0.116. The van der Waals surface area contributed by atoms with Crippen LogP contribution in [0.25, 0.3) is 0 Å². The summed E-state index contributed by atoms with van der Waals surface area (Å²) >= 11 is 0. The Kier molecular flexibility index (Phi) is 5.57. The number of sulfonamides is 1.